The van der Waals surface area contributed by atoms with Crippen LogP contribution in [0.25, 0.3) is 0 Å². The average molecular weight is 588 g/mol. The van der Waals surface area contributed by atoms with Crippen molar-refractivity contribution in [3.63, 3.8) is 0 Å². The molecule has 4 nitrogen and oxygen atoms in total. The third-order valence-electron chi connectivity index (χ3n) is 7.38. The van der Waals surface area contributed by atoms with Crippen LogP contribution < -0.4 is 0 Å². The summed E-state index contributed by atoms with van der Waals surface area (Å²) in [5, 5.41) is 22.1. The van der Waals surface area contributed by atoms with Gasteiger partial charge in [-0.05, 0) is 12.8 Å². The van der Waals surface area contributed by atoms with E-state index in [0.717, 1.165) is 69.9 Å². The van der Waals surface area contributed by atoms with E-state index >= 15 is 0 Å². The minimum Gasteiger partial charge on any atom is -0.383 e. The number of rotatable bonds is 6. The van der Waals surface area contributed by atoms with Crippen molar-refractivity contribution in [2.75, 3.05) is 48.1 Å². The number of nitrogens with zero attached hydrogens (tertiary/aromatic N) is 2. The van der Waals surface area contributed by atoms with E-state index in [1.54, 1.807) is 0 Å². The van der Waals surface area contributed by atoms with E-state index in [1.807, 2.05) is 12.2 Å². The molecular weight excluding hydrogens is 554 g/mol. The SMILES string of the molecule is C=CC[C@@]1(O)C[C@@H](CI)[N+]2(CC[N+]3(CC2)C[C@](O)(CC=C)C[C@@H]3CI)C1. The number of piperazine rings is 1. The molecule has 0 aliphatic carbocycles. The quantitative estimate of drug-likeness (QED) is 0.217. The fourth-order valence-corrected chi connectivity index (χ4v) is 8.42. The zero-order valence-corrected chi connectivity index (χ0v) is 20.1. The van der Waals surface area contributed by atoms with E-state index in [0.29, 0.717) is 24.9 Å². The molecule has 3 fully saturated rings. The van der Waals surface area contributed by atoms with E-state index in [9.17, 15) is 10.2 Å². The first kappa shape index (κ1) is 21.5. The summed E-state index contributed by atoms with van der Waals surface area (Å²) in [6, 6.07) is 1.10. The Bertz CT molecular complexity index is 502. The molecule has 3 saturated heterocycles. The monoisotopic (exact) mass is 588 g/mol. The smallest absolute Gasteiger partial charge is 0.129 e. The van der Waals surface area contributed by atoms with E-state index in [-0.39, 0.29) is 0 Å². The third-order valence-corrected chi connectivity index (χ3v) is 9.42. The number of alkyl halides is 2. The zero-order chi connectivity index (χ0) is 19.1. The predicted octanol–water partition coefficient (Wildman–Crippen LogP) is 2.66. The zero-order valence-electron chi connectivity index (χ0n) is 15.8. The molecule has 3 aliphatic heterocycles. The maximum Gasteiger partial charge on any atom is 0.129 e. The van der Waals surface area contributed by atoms with Crippen LogP contribution in [0.2, 0.25) is 0 Å². The van der Waals surface area contributed by atoms with Crippen LogP contribution in [0.1, 0.15) is 25.7 Å². The number of aliphatic hydroxyl groups is 2. The molecule has 0 aromatic heterocycles. The molecule has 0 unspecified atom stereocenters. The molecule has 148 valence electrons. The van der Waals surface area contributed by atoms with Crippen LogP contribution in [0.15, 0.2) is 25.3 Å². The van der Waals surface area contributed by atoms with Crippen LogP contribution in [0.3, 0.4) is 0 Å². The molecule has 6 heteroatoms. The molecule has 0 radical (unpaired) electrons. The van der Waals surface area contributed by atoms with Gasteiger partial charge in [-0.25, -0.2) is 0 Å². The van der Waals surface area contributed by atoms with Gasteiger partial charge in [-0.3, -0.25) is 0 Å². The van der Waals surface area contributed by atoms with Crippen molar-refractivity contribution in [3.05, 3.63) is 25.3 Å². The van der Waals surface area contributed by atoms with Crippen molar-refractivity contribution in [1.29, 1.82) is 0 Å². The van der Waals surface area contributed by atoms with Gasteiger partial charge in [0.2, 0.25) is 0 Å². The Hall–Kier alpha value is 0.780. The van der Waals surface area contributed by atoms with Gasteiger partial charge < -0.3 is 19.2 Å². The van der Waals surface area contributed by atoms with Crippen molar-refractivity contribution in [2.24, 2.45) is 0 Å². The lowest BCUT2D eigenvalue weighted by molar-refractivity contribution is -1.04. The molecule has 2 N–H and O–H groups in total. The topological polar surface area (TPSA) is 40.5 Å². The second-order valence-electron chi connectivity index (χ2n) is 9.11. The minimum atomic E-state index is -0.572. The Morgan fingerprint density at radius 3 is 1.42 bits per heavy atom. The van der Waals surface area contributed by atoms with Gasteiger partial charge in [0.1, 0.15) is 62.6 Å². The predicted molar refractivity (Wildman–Crippen MR) is 124 cm³/mol. The summed E-state index contributed by atoms with van der Waals surface area (Å²) in [6.45, 7) is 14.0. The lowest BCUT2D eigenvalue weighted by atomic mass is 9.97. The molecule has 3 rings (SSSR count). The first-order valence-corrected chi connectivity index (χ1v) is 12.8. The third kappa shape index (κ3) is 3.79. The number of hydrogen-bond donors (Lipinski definition) is 2. The molecule has 3 heterocycles. The van der Waals surface area contributed by atoms with Crippen molar-refractivity contribution < 1.29 is 19.2 Å². The largest absolute Gasteiger partial charge is 0.383 e. The van der Waals surface area contributed by atoms with Gasteiger partial charge in [0.05, 0.1) is 8.86 Å². The van der Waals surface area contributed by atoms with Crippen molar-refractivity contribution in [2.45, 2.75) is 49.0 Å². The van der Waals surface area contributed by atoms with Crippen LogP contribution in [-0.2, 0) is 0 Å². The molecule has 3 aliphatic rings. The molecule has 0 amide bonds. The molecule has 0 aromatic rings. The average Bonchev–Trinajstić information content (AvgIpc) is 3.03. The molecule has 0 bridgehead atoms. The molecule has 0 aromatic carbocycles. The lowest BCUT2D eigenvalue weighted by Gasteiger charge is -2.51. The highest BCUT2D eigenvalue weighted by atomic mass is 127. The summed E-state index contributed by atoms with van der Waals surface area (Å²) < 4.78 is 4.35. The maximum atomic E-state index is 11.1. The van der Waals surface area contributed by atoms with Gasteiger partial charge >= 0.3 is 0 Å². The fraction of sp³-hybridized carbons (Fsp3) is 0.800. The number of halogens is 2. The van der Waals surface area contributed by atoms with Crippen LogP contribution in [0.4, 0.5) is 0 Å². The first-order valence-electron chi connectivity index (χ1n) is 9.78. The van der Waals surface area contributed by atoms with E-state index in [1.165, 1.54) is 0 Å². The van der Waals surface area contributed by atoms with Crippen molar-refractivity contribution >= 4 is 45.2 Å². The summed E-state index contributed by atoms with van der Waals surface area (Å²) in [5.74, 6) is 0. The standard InChI is InChI=1S/C20H34I2N2O2/c1-3-5-19(25)11-17(13-21)23(15-19)7-9-24(10-8-23)16-20(26,6-4-2)12-18(24)14-22/h3-4,17-18,25-26H,1-2,5-16H2/q+2/t17-,18+,19+,20-,23?,24?. The van der Waals surface area contributed by atoms with Crippen LogP contribution >= 0.6 is 45.2 Å². The molecule has 4 atom stereocenters. The number of quaternary nitrogens is 2. The van der Waals surface area contributed by atoms with E-state index in [2.05, 4.69) is 58.3 Å². The van der Waals surface area contributed by atoms with Gasteiger partial charge in [0.25, 0.3) is 0 Å². The Morgan fingerprint density at radius 1 is 0.808 bits per heavy atom. The minimum absolute atomic E-state index is 0.550. The van der Waals surface area contributed by atoms with Gasteiger partial charge in [0, 0.05) is 12.8 Å². The van der Waals surface area contributed by atoms with Crippen LogP contribution in [0.5, 0.6) is 0 Å². The first-order chi connectivity index (χ1) is 12.3. The lowest BCUT2D eigenvalue weighted by Crippen LogP contribution is -2.70. The summed E-state index contributed by atoms with van der Waals surface area (Å²) >= 11 is 5.01. The molecule has 0 saturated carbocycles. The Morgan fingerprint density at radius 2 is 1.15 bits per heavy atom. The maximum absolute atomic E-state index is 11.1. The van der Waals surface area contributed by atoms with Gasteiger partial charge in [-0.1, -0.05) is 57.3 Å². The Labute approximate surface area is 185 Å². The fourth-order valence-electron chi connectivity index (χ4n) is 6.13. The van der Waals surface area contributed by atoms with E-state index < -0.39 is 11.2 Å². The molecule has 2 spiro atoms. The highest BCUT2D eigenvalue weighted by Gasteiger charge is 2.61. The normalized spacial score (nSPS) is 48.3. The summed E-state index contributed by atoms with van der Waals surface area (Å²) in [7, 11) is 0. The Kier molecular flexibility index (Phi) is 6.52. The van der Waals surface area contributed by atoms with Gasteiger partial charge in [-0.15, -0.1) is 13.2 Å². The summed E-state index contributed by atoms with van der Waals surface area (Å²) in [6.07, 6.45) is 6.97. The molecule has 26 heavy (non-hydrogen) atoms. The van der Waals surface area contributed by atoms with Crippen molar-refractivity contribution in [1.82, 2.24) is 0 Å². The Balaban J connectivity index is 1.77. The highest BCUT2D eigenvalue weighted by molar-refractivity contribution is 14.1. The summed E-state index contributed by atoms with van der Waals surface area (Å²) in [5.41, 5.74) is -1.14. The van der Waals surface area contributed by atoms with Crippen LogP contribution in [0, 0.1) is 0 Å². The van der Waals surface area contributed by atoms with Crippen molar-refractivity contribution in [3.8, 4) is 0 Å². The second-order valence-corrected chi connectivity index (χ2v) is 10.9. The number of hydrogen-bond acceptors (Lipinski definition) is 2. The van der Waals surface area contributed by atoms with Crippen LogP contribution in [-0.4, -0.2) is 90.6 Å². The second kappa shape index (κ2) is 7.89. The van der Waals surface area contributed by atoms with E-state index in [4.69, 9.17) is 0 Å². The van der Waals surface area contributed by atoms with Gasteiger partial charge in [-0.2, -0.15) is 0 Å². The highest BCUT2D eigenvalue weighted by Crippen LogP contribution is 2.44. The van der Waals surface area contributed by atoms with Gasteiger partial charge in [0.15, 0.2) is 0 Å². The molecular formula is C20H34I2N2O2+2. The summed E-state index contributed by atoms with van der Waals surface area (Å²) in [4.78, 5) is 0.